The Morgan fingerprint density at radius 2 is 1.61 bits per heavy atom. The molecule has 0 aromatic heterocycles. The Balaban J connectivity index is 1.87. The van der Waals surface area contributed by atoms with Gasteiger partial charge >= 0.3 is 6.18 Å². The molecule has 2 aromatic rings. The molecule has 0 fully saturated rings. The molecular weight excluding hydrogens is 303 g/mol. The first-order valence-electron chi connectivity index (χ1n) is 7.09. The van der Waals surface area contributed by atoms with Gasteiger partial charge in [-0.2, -0.15) is 13.2 Å². The van der Waals surface area contributed by atoms with E-state index in [1.54, 1.807) is 4.90 Å². The average Bonchev–Trinajstić information content (AvgIpc) is 2.96. The minimum atomic E-state index is -4.33. The minimum Gasteiger partial charge on any atom is -0.331 e. The van der Waals surface area contributed by atoms with Crippen LogP contribution in [0.4, 0.5) is 13.2 Å². The second-order valence-electron chi connectivity index (χ2n) is 5.46. The maximum atomic E-state index is 12.6. The zero-order valence-corrected chi connectivity index (χ0v) is 12.2. The summed E-state index contributed by atoms with van der Waals surface area (Å²) in [6.45, 7) is 4.51. The van der Waals surface area contributed by atoms with E-state index < -0.39 is 11.7 Å². The molecule has 1 amide bonds. The van der Waals surface area contributed by atoms with Gasteiger partial charge in [0.2, 0.25) is 5.91 Å². The average molecular weight is 317 g/mol. The normalized spacial score (nSPS) is 13.8. The molecule has 5 heteroatoms. The SMILES string of the molecule is C=CC(=O)N1Cc2ccc(-c3ccc(C(F)(F)F)cc3)cc2C1. The van der Waals surface area contributed by atoms with E-state index in [4.69, 9.17) is 0 Å². The van der Waals surface area contributed by atoms with Gasteiger partial charge in [0.1, 0.15) is 0 Å². The van der Waals surface area contributed by atoms with Crippen molar-refractivity contribution >= 4 is 5.91 Å². The van der Waals surface area contributed by atoms with Crippen LogP contribution in [-0.2, 0) is 24.1 Å². The van der Waals surface area contributed by atoms with Crippen LogP contribution in [0.3, 0.4) is 0 Å². The van der Waals surface area contributed by atoms with Crippen molar-refractivity contribution in [3.05, 3.63) is 71.8 Å². The third-order valence-corrected chi connectivity index (χ3v) is 3.96. The lowest BCUT2D eigenvalue weighted by molar-refractivity contribution is -0.137. The fourth-order valence-electron chi connectivity index (χ4n) is 2.71. The summed E-state index contributed by atoms with van der Waals surface area (Å²) in [6.07, 6.45) is -3.05. The number of hydrogen-bond donors (Lipinski definition) is 0. The Morgan fingerprint density at radius 1 is 1.00 bits per heavy atom. The minimum absolute atomic E-state index is 0.128. The van der Waals surface area contributed by atoms with Crippen LogP contribution in [0, 0.1) is 0 Å². The first-order valence-corrected chi connectivity index (χ1v) is 7.09. The van der Waals surface area contributed by atoms with Crippen molar-refractivity contribution in [2.24, 2.45) is 0 Å². The highest BCUT2D eigenvalue weighted by atomic mass is 19.4. The number of halogens is 3. The van der Waals surface area contributed by atoms with Gasteiger partial charge in [-0.05, 0) is 46.5 Å². The van der Waals surface area contributed by atoms with Crippen molar-refractivity contribution in [2.75, 3.05) is 0 Å². The molecule has 0 bridgehead atoms. The molecule has 0 unspecified atom stereocenters. The van der Waals surface area contributed by atoms with E-state index in [0.717, 1.165) is 28.8 Å². The van der Waals surface area contributed by atoms with E-state index in [1.165, 1.54) is 18.2 Å². The zero-order valence-electron chi connectivity index (χ0n) is 12.2. The molecule has 1 heterocycles. The number of alkyl halides is 3. The summed E-state index contributed by atoms with van der Waals surface area (Å²) < 4.78 is 37.8. The second-order valence-corrected chi connectivity index (χ2v) is 5.46. The predicted octanol–water partition coefficient (Wildman–Crippen LogP) is 4.40. The zero-order chi connectivity index (χ0) is 16.6. The lowest BCUT2D eigenvalue weighted by Gasteiger charge is -2.11. The quantitative estimate of drug-likeness (QED) is 0.752. The van der Waals surface area contributed by atoms with E-state index in [0.29, 0.717) is 18.7 Å². The summed E-state index contributed by atoms with van der Waals surface area (Å²) in [4.78, 5) is 13.3. The van der Waals surface area contributed by atoms with Crippen LogP contribution in [0.2, 0.25) is 0 Å². The Bertz CT molecular complexity index is 763. The molecule has 0 spiro atoms. The van der Waals surface area contributed by atoms with Crippen molar-refractivity contribution in [3.8, 4) is 11.1 Å². The van der Waals surface area contributed by atoms with Gasteiger partial charge in [0.15, 0.2) is 0 Å². The highest BCUT2D eigenvalue weighted by Crippen LogP contribution is 2.32. The third-order valence-electron chi connectivity index (χ3n) is 3.96. The maximum Gasteiger partial charge on any atom is 0.416 e. The molecule has 0 saturated heterocycles. The molecule has 0 radical (unpaired) electrons. The van der Waals surface area contributed by atoms with Crippen LogP contribution in [0.5, 0.6) is 0 Å². The van der Waals surface area contributed by atoms with Crippen LogP contribution in [0.1, 0.15) is 16.7 Å². The predicted molar refractivity (Wildman–Crippen MR) is 81.3 cm³/mol. The molecule has 0 aliphatic carbocycles. The highest BCUT2D eigenvalue weighted by molar-refractivity contribution is 5.87. The molecule has 0 saturated carbocycles. The third kappa shape index (κ3) is 2.99. The number of hydrogen-bond acceptors (Lipinski definition) is 1. The summed E-state index contributed by atoms with van der Waals surface area (Å²) in [5.74, 6) is -0.128. The Kier molecular flexibility index (Phi) is 3.72. The standard InChI is InChI=1S/C18H14F3NO/c1-2-17(23)22-10-14-4-3-13(9-15(14)11-22)12-5-7-16(8-6-12)18(19,20)21/h2-9H,1,10-11H2. The topological polar surface area (TPSA) is 20.3 Å². The van der Waals surface area contributed by atoms with Gasteiger partial charge in [-0.15, -0.1) is 0 Å². The van der Waals surface area contributed by atoms with Gasteiger partial charge in [-0.3, -0.25) is 4.79 Å². The summed E-state index contributed by atoms with van der Waals surface area (Å²) in [7, 11) is 0. The summed E-state index contributed by atoms with van der Waals surface area (Å²) >= 11 is 0. The van der Waals surface area contributed by atoms with Crippen molar-refractivity contribution < 1.29 is 18.0 Å². The van der Waals surface area contributed by atoms with Crippen molar-refractivity contribution in [2.45, 2.75) is 19.3 Å². The Hall–Kier alpha value is -2.56. The second kappa shape index (κ2) is 5.57. The molecule has 3 rings (SSSR count). The molecule has 23 heavy (non-hydrogen) atoms. The number of fused-ring (bicyclic) bond motifs is 1. The number of carbonyl (C=O) groups excluding carboxylic acids is 1. The van der Waals surface area contributed by atoms with Crippen LogP contribution in [0.15, 0.2) is 55.1 Å². The molecule has 0 N–H and O–H groups in total. The Morgan fingerprint density at radius 3 is 2.22 bits per heavy atom. The number of amides is 1. The van der Waals surface area contributed by atoms with Crippen LogP contribution in [0.25, 0.3) is 11.1 Å². The lowest BCUT2D eigenvalue weighted by atomic mass is 9.99. The molecule has 0 atom stereocenters. The van der Waals surface area contributed by atoms with E-state index in [2.05, 4.69) is 6.58 Å². The van der Waals surface area contributed by atoms with E-state index >= 15 is 0 Å². The summed E-state index contributed by atoms with van der Waals surface area (Å²) in [5.41, 5.74) is 2.96. The van der Waals surface area contributed by atoms with Crippen molar-refractivity contribution in [3.63, 3.8) is 0 Å². The number of carbonyl (C=O) groups is 1. The van der Waals surface area contributed by atoms with Gasteiger partial charge in [-0.1, -0.05) is 30.8 Å². The fraction of sp³-hybridized carbons (Fsp3) is 0.167. The number of nitrogens with zero attached hydrogens (tertiary/aromatic N) is 1. The first-order chi connectivity index (χ1) is 10.9. The summed E-state index contributed by atoms with van der Waals surface area (Å²) in [5, 5.41) is 0. The van der Waals surface area contributed by atoms with Crippen LogP contribution < -0.4 is 0 Å². The molecule has 118 valence electrons. The molecule has 1 aliphatic heterocycles. The maximum absolute atomic E-state index is 12.6. The monoisotopic (exact) mass is 317 g/mol. The molecule has 2 nitrogen and oxygen atoms in total. The van der Waals surface area contributed by atoms with Gasteiger partial charge in [0.05, 0.1) is 5.56 Å². The van der Waals surface area contributed by atoms with Gasteiger partial charge in [0, 0.05) is 13.1 Å². The van der Waals surface area contributed by atoms with E-state index in [1.807, 2.05) is 18.2 Å². The van der Waals surface area contributed by atoms with Gasteiger partial charge in [0.25, 0.3) is 0 Å². The van der Waals surface area contributed by atoms with Crippen molar-refractivity contribution in [1.82, 2.24) is 4.90 Å². The van der Waals surface area contributed by atoms with Crippen LogP contribution in [-0.4, -0.2) is 10.8 Å². The number of rotatable bonds is 2. The van der Waals surface area contributed by atoms with Gasteiger partial charge < -0.3 is 4.90 Å². The molecule has 2 aromatic carbocycles. The summed E-state index contributed by atoms with van der Waals surface area (Å²) in [6, 6.07) is 10.8. The van der Waals surface area contributed by atoms with Gasteiger partial charge in [-0.25, -0.2) is 0 Å². The largest absolute Gasteiger partial charge is 0.416 e. The number of benzene rings is 2. The highest BCUT2D eigenvalue weighted by Gasteiger charge is 2.30. The van der Waals surface area contributed by atoms with Crippen molar-refractivity contribution in [1.29, 1.82) is 0 Å². The van der Waals surface area contributed by atoms with E-state index in [-0.39, 0.29) is 5.91 Å². The first kappa shape index (κ1) is 15.3. The molecule has 1 aliphatic rings. The molecular formula is C18H14F3NO. The van der Waals surface area contributed by atoms with E-state index in [9.17, 15) is 18.0 Å². The fourth-order valence-corrected chi connectivity index (χ4v) is 2.71. The smallest absolute Gasteiger partial charge is 0.331 e. The Labute approximate surface area is 131 Å². The lowest BCUT2D eigenvalue weighted by Crippen LogP contribution is -2.22. The van der Waals surface area contributed by atoms with Crippen LogP contribution >= 0.6 is 0 Å².